The van der Waals surface area contributed by atoms with Crippen molar-refractivity contribution in [2.45, 2.75) is 24.4 Å². The highest BCUT2D eigenvalue weighted by Crippen LogP contribution is 2.41. The highest BCUT2D eigenvalue weighted by atomic mass is 31.2. The maximum atomic E-state index is 10.8. The van der Waals surface area contributed by atoms with E-state index < -0.39 is 38.8 Å². The Hall–Kier alpha value is -0.380. The molecule has 0 aliphatic rings. The van der Waals surface area contributed by atoms with E-state index in [1.165, 1.54) is 0 Å². The first-order chi connectivity index (χ1) is 7.75. The van der Waals surface area contributed by atoms with Crippen molar-refractivity contribution in [3.05, 3.63) is 0 Å². The molecule has 0 fully saturated rings. The number of aldehydes is 1. The third-order valence-electron chi connectivity index (χ3n) is 1.87. The minimum Gasteiger partial charge on any atom is -0.388 e. The molecule has 0 bridgehead atoms. The summed E-state index contributed by atoms with van der Waals surface area (Å²) in [6, 6.07) is 0. The van der Waals surface area contributed by atoms with E-state index in [4.69, 9.17) is 15.1 Å². The summed E-state index contributed by atoms with van der Waals surface area (Å²) in [6.07, 6.45) is -7.56. The molecule has 0 aromatic carbocycles. The molecule has 0 spiro atoms. The second kappa shape index (κ2) is 7.14. The largest absolute Gasteiger partial charge is 0.472 e. The summed E-state index contributed by atoms with van der Waals surface area (Å²) in [7, 11) is -3.42. The van der Waals surface area contributed by atoms with E-state index in [1.807, 2.05) is 0 Å². The Labute approximate surface area is 96.8 Å². The van der Waals surface area contributed by atoms with Gasteiger partial charge in [-0.15, -0.1) is 0 Å². The van der Waals surface area contributed by atoms with Gasteiger partial charge in [-0.2, -0.15) is 0 Å². The fourth-order valence-electron chi connectivity index (χ4n) is 0.832. The summed E-state index contributed by atoms with van der Waals surface area (Å²) in [5, 5.41) is 36.5. The van der Waals surface area contributed by atoms with Gasteiger partial charge in [-0.3, -0.25) is 9.05 Å². The molecule has 0 aliphatic heterocycles. The number of rotatable bonds is 8. The predicted octanol–water partition coefficient (Wildman–Crippen LogP) is -2.61. The summed E-state index contributed by atoms with van der Waals surface area (Å²) in [4.78, 5) is 18.9. The zero-order valence-corrected chi connectivity index (χ0v) is 9.80. The Morgan fingerprint density at radius 3 is 2.18 bits per heavy atom. The topological polar surface area (TPSA) is 154 Å². The third-order valence-corrected chi connectivity index (χ3v) is 2.81. The summed E-state index contributed by atoms with van der Waals surface area (Å²) in [6.45, 7) is -0.828. The van der Waals surface area contributed by atoms with E-state index in [-0.39, 0.29) is 6.29 Å². The highest BCUT2D eigenvalue weighted by Gasteiger charge is 2.32. The number of carbonyl (C=O) groups is 1. The van der Waals surface area contributed by atoms with Gasteiger partial charge < -0.3 is 30.1 Å². The van der Waals surface area contributed by atoms with Crippen LogP contribution >= 0.6 is 7.82 Å². The molecule has 0 rings (SSSR count). The van der Waals surface area contributed by atoms with E-state index in [2.05, 4.69) is 9.05 Å². The molecule has 0 aromatic heterocycles. The standard InChI is InChI=1S/C7H15O9P/c1-15-17(13,14)16-3-5(10)7(12)6(11)4(9)2-8/h2,4-7,9-12H,3H2,1H3,(H,13,14)/t4-,5-,6-,7-/m1/s1. The molecule has 5 atom stereocenters. The van der Waals surface area contributed by atoms with E-state index in [0.29, 0.717) is 0 Å². The molecule has 0 radical (unpaired) electrons. The molecule has 17 heavy (non-hydrogen) atoms. The summed E-state index contributed by atoms with van der Waals surface area (Å²) < 4.78 is 19.1. The van der Waals surface area contributed by atoms with Gasteiger partial charge in [-0.25, -0.2) is 4.57 Å². The lowest BCUT2D eigenvalue weighted by Crippen LogP contribution is -2.46. The molecule has 0 saturated carbocycles. The average Bonchev–Trinajstić information content (AvgIpc) is 2.33. The van der Waals surface area contributed by atoms with Gasteiger partial charge in [-0.05, 0) is 0 Å². The quantitative estimate of drug-likeness (QED) is 0.236. The van der Waals surface area contributed by atoms with Gasteiger partial charge in [0.15, 0.2) is 6.29 Å². The molecule has 0 aromatic rings. The van der Waals surface area contributed by atoms with Crippen LogP contribution in [0, 0.1) is 0 Å². The lowest BCUT2D eigenvalue weighted by atomic mass is 10.0. The molecular weight excluding hydrogens is 259 g/mol. The third kappa shape index (κ3) is 5.66. The Bertz CT molecular complexity index is 283. The van der Waals surface area contributed by atoms with Gasteiger partial charge in [-0.1, -0.05) is 0 Å². The fraction of sp³-hybridized carbons (Fsp3) is 0.857. The minimum absolute atomic E-state index is 0.0342. The number of carbonyl (C=O) groups excluding carboxylic acids is 1. The molecule has 0 amide bonds. The van der Waals surface area contributed by atoms with E-state index in [9.17, 15) is 19.6 Å². The molecule has 5 N–H and O–H groups in total. The van der Waals surface area contributed by atoms with Crippen LogP contribution in [0.1, 0.15) is 0 Å². The van der Waals surface area contributed by atoms with Crippen LogP contribution in [0.25, 0.3) is 0 Å². The lowest BCUT2D eigenvalue weighted by molar-refractivity contribution is -0.136. The van der Waals surface area contributed by atoms with E-state index >= 15 is 0 Å². The van der Waals surface area contributed by atoms with Crippen LogP contribution in [0.15, 0.2) is 0 Å². The minimum atomic E-state index is -4.31. The molecule has 10 heteroatoms. The second-order valence-corrected chi connectivity index (χ2v) is 4.68. The van der Waals surface area contributed by atoms with Crippen LogP contribution < -0.4 is 0 Å². The molecule has 0 heterocycles. The summed E-state index contributed by atoms with van der Waals surface area (Å²) in [5.74, 6) is 0. The number of phosphoric acid groups is 1. The van der Waals surface area contributed by atoms with Crippen LogP contribution in [0.2, 0.25) is 0 Å². The Balaban J connectivity index is 4.27. The van der Waals surface area contributed by atoms with Gasteiger partial charge in [0.2, 0.25) is 0 Å². The lowest BCUT2D eigenvalue weighted by Gasteiger charge is -2.24. The molecule has 0 aliphatic carbocycles. The molecular formula is C7H15O9P. The normalized spacial score (nSPS) is 22.2. The molecule has 0 saturated heterocycles. The second-order valence-electron chi connectivity index (χ2n) is 3.12. The molecule has 9 nitrogen and oxygen atoms in total. The van der Waals surface area contributed by atoms with Crippen LogP contribution in [0.5, 0.6) is 0 Å². The number of hydrogen-bond donors (Lipinski definition) is 5. The van der Waals surface area contributed by atoms with Gasteiger partial charge in [0.05, 0.1) is 6.61 Å². The first-order valence-corrected chi connectivity index (χ1v) is 5.95. The Morgan fingerprint density at radius 1 is 1.24 bits per heavy atom. The monoisotopic (exact) mass is 274 g/mol. The van der Waals surface area contributed by atoms with Crippen LogP contribution in [0.4, 0.5) is 0 Å². The van der Waals surface area contributed by atoms with Crippen LogP contribution in [-0.4, -0.2) is 69.7 Å². The van der Waals surface area contributed by atoms with Crippen molar-refractivity contribution < 1.29 is 43.7 Å². The molecule has 102 valence electrons. The highest BCUT2D eigenvalue weighted by molar-refractivity contribution is 7.47. The van der Waals surface area contributed by atoms with Gasteiger partial charge in [0.1, 0.15) is 24.4 Å². The van der Waals surface area contributed by atoms with Crippen molar-refractivity contribution in [1.82, 2.24) is 0 Å². The zero-order valence-electron chi connectivity index (χ0n) is 8.91. The van der Waals surface area contributed by atoms with Gasteiger partial charge in [0.25, 0.3) is 0 Å². The van der Waals surface area contributed by atoms with Crippen molar-refractivity contribution in [3.8, 4) is 0 Å². The number of aliphatic hydroxyl groups is 4. The molecule has 1 unspecified atom stereocenters. The van der Waals surface area contributed by atoms with E-state index in [1.54, 1.807) is 0 Å². The Kier molecular flexibility index (Phi) is 6.98. The summed E-state index contributed by atoms with van der Waals surface area (Å²) in [5.41, 5.74) is 0. The number of phosphoric ester groups is 1. The fourth-order valence-corrected chi connectivity index (χ4v) is 1.28. The first-order valence-electron chi connectivity index (χ1n) is 4.45. The van der Waals surface area contributed by atoms with Gasteiger partial charge >= 0.3 is 7.82 Å². The van der Waals surface area contributed by atoms with E-state index in [0.717, 1.165) is 7.11 Å². The van der Waals surface area contributed by atoms with Crippen molar-refractivity contribution in [3.63, 3.8) is 0 Å². The number of aliphatic hydroxyl groups excluding tert-OH is 4. The zero-order chi connectivity index (χ0) is 13.6. The SMILES string of the molecule is COP(=O)(O)OC[C@@H](O)[C@@H](O)[C@H](O)[C@H](O)C=O. The maximum absolute atomic E-state index is 10.8. The maximum Gasteiger partial charge on any atom is 0.472 e. The van der Waals surface area contributed by atoms with Gasteiger partial charge in [0, 0.05) is 7.11 Å². The average molecular weight is 274 g/mol. The van der Waals surface area contributed by atoms with Crippen molar-refractivity contribution in [2.75, 3.05) is 13.7 Å². The number of hydrogen-bond acceptors (Lipinski definition) is 8. The van der Waals surface area contributed by atoms with Crippen molar-refractivity contribution in [2.24, 2.45) is 0 Å². The van der Waals surface area contributed by atoms with Crippen LogP contribution in [0.3, 0.4) is 0 Å². The summed E-state index contributed by atoms with van der Waals surface area (Å²) >= 11 is 0. The first kappa shape index (κ1) is 16.6. The smallest absolute Gasteiger partial charge is 0.388 e. The predicted molar refractivity (Wildman–Crippen MR) is 52.9 cm³/mol. The van der Waals surface area contributed by atoms with Crippen molar-refractivity contribution in [1.29, 1.82) is 0 Å². The van der Waals surface area contributed by atoms with Crippen molar-refractivity contribution >= 4 is 14.1 Å². The Morgan fingerprint density at radius 2 is 1.76 bits per heavy atom. The van der Waals surface area contributed by atoms with Crippen LogP contribution in [-0.2, 0) is 18.4 Å².